The van der Waals surface area contributed by atoms with Gasteiger partial charge in [0.25, 0.3) is 6.01 Å². The van der Waals surface area contributed by atoms with Gasteiger partial charge in [-0.2, -0.15) is 4.98 Å². The number of hydrogen-bond acceptors (Lipinski definition) is 4. The Morgan fingerprint density at radius 1 is 1.47 bits per heavy atom. The van der Waals surface area contributed by atoms with Crippen molar-refractivity contribution in [1.82, 2.24) is 4.98 Å². The first-order chi connectivity index (χ1) is 7.28. The van der Waals surface area contributed by atoms with E-state index in [2.05, 4.69) is 10.3 Å². The molecule has 4 nitrogen and oxygen atoms in total. The summed E-state index contributed by atoms with van der Waals surface area (Å²) in [6, 6.07) is 7.04. The maximum absolute atomic E-state index is 9.23. The van der Waals surface area contributed by atoms with Gasteiger partial charge in [-0.05, 0) is 12.1 Å². The van der Waals surface area contributed by atoms with Crippen LogP contribution in [0.3, 0.4) is 0 Å². The summed E-state index contributed by atoms with van der Waals surface area (Å²) in [5.41, 5.74) is 1.37. The van der Waals surface area contributed by atoms with Crippen molar-refractivity contribution < 1.29 is 9.52 Å². The van der Waals surface area contributed by atoms with E-state index in [-0.39, 0.29) is 5.75 Å². The number of hydrogen-bond donors (Lipinski definition) is 2. The fourth-order valence-electron chi connectivity index (χ4n) is 1.13. The zero-order valence-electron chi connectivity index (χ0n) is 7.77. The van der Waals surface area contributed by atoms with Gasteiger partial charge in [-0.1, -0.05) is 6.07 Å². The molecule has 0 saturated carbocycles. The lowest BCUT2D eigenvalue weighted by Gasteiger charge is -2.00. The Labute approximate surface area is 91.5 Å². The third-order valence-corrected chi connectivity index (χ3v) is 2.06. The van der Waals surface area contributed by atoms with E-state index in [9.17, 15) is 5.11 Å². The first kappa shape index (κ1) is 9.86. The van der Waals surface area contributed by atoms with Crippen molar-refractivity contribution in [2.75, 3.05) is 5.32 Å². The normalized spacial score (nSPS) is 10.2. The number of nitrogens with zero attached hydrogens (tertiary/aromatic N) is 1. The lowest BCUT2D eigenvalue weighted by molar-refractivity contribution is 0.475. The Hall–Kier alpha value is -1.68. The van der Waals surface area contributed by atoms with Crippen molar-refractivity contribution in [3.8, 4) is 5.75 Å². The summed E-state index contributed by atoms with van der Waals surface area (Å²) in [5.74, 6) is 0.495. The lowest BCUT2D eigenvalue weighted by atomic mass is 10.3. The van der Waals surface area contributed by atoms with Gasteiger partial charge in [0.05, 0.1) is 11.6 Å². The molecule has 0 fully saturated rings. The molecule has 2 rings (SSSR count). The van der Waals surface area contributed by atoms with Crippen molar-refractivity contribution in [3.05, 3.63) is 36.2 Å². The zero-order chi connectivity index (χ0) is 10.7. The average Bonchev–Trinajstić information content (AvgIpc) is 2.65. The minimum atomic E-state index is 0.184. The van der Waals surface area contributed by atoms with Crippen LogP contribution in [-0.2, 0) is 5.88 Å². The van der Waals surface area contributed by atoms with E-state index < -0.39 is 0 Å². The lowest BCUT2D eigenvalue weighted by Crippen LogP contribution is -1.90. The summed E-state index contributed by atoms with van der Waals surface area (Å²) in [7, 11) is 0. The molecule has 0 aliphatic heterocycles. The summed E-state index contributed by atoms with van der Waals surface area (Å²) in [6.45, 7) is 0. The molecule has 0 unspecified atom stereocenters. The first-order valence-electron chi connectivity index (χ1n) is 4.34. The minimum Gasteiger partial charge on any atom is -0.508 e. The monoisotopic (exact) mass is 224 g/mol. The van der Waals surface area contributed by atoms with Crippen LogP contribution >= 0.6 is 11.6 Å². The van der Waals surface area contributed by atoms with Crippen LogP contribution in [0.2, 0.25) is 0 Å². The Balaban J connectivity index is 2.14. The Morgan fingerprint density at radius 2 is 2.33 bits per heavy atom. The van der Waals surface area contributed by atoms with Crippen molar-refractivity contribution in [3.63, 3.8) is 0 Å². The predicted molar refractivity (Wildman–Crippen MR) is 57.4 cm³/mol. The molecule has 0 bridgehead atoms. The van der Waals surface area contributed by atoms with Gasteiger partial charge < -0.3 is 14.8 Å². The molecule has 0 aliphatic carbocycles. The van der Waals surface area contributed by atoms with Gasteiger partial charge in [0.15, 0.2) is 0 Å². The number of anilines is 2. The smallest absolute Gasteiger partial charge is 0.299 e. The molecule has 1 aromatic carbocycles. The van der Waals surface area contributed by atoms with Gasteiger partial charge in [-0.25, -0.2) is 0 Å². The molecule has 0 atom stereocenters. The average molecular weight is 225 g/mol. The quantitative estimate of drug-likeness (QED) is 0.788. The Bertz CT molecular complexity index is 456. The van der Waals surface area contributed by atoms with Gasteiger partial charge in [0.1, 0.15) is 12.0 Å². The summed E-state index contributed by atoms with van der Waals surface area (Å²) in [4.78, 5) is 4.06. The number of phenols is 1. The molecular weight excluding hydrogens is 216 g/mol. The van der Waals surface area contributed by atoms with E-state index in [0.717, 1.165) is 0 Å². The second-order valence-electron chi connectivity index (χ2n) is 2.95. The van der Waals surface area contributed by atoms with E-state index in [4.69, 9.17) is 16.0 Å². The predicted octanol–water partition coefficient (Wildman–Crippen LogP) is 2.86. The highest BCUT2D eigenvalue weighted by atomic mass is 35.5. The topological polar surface area (TPSA) is 58.3 Å². The first-order valence-corrected chi connectivity index (χ1v) is 4.88. The maximum atomic E-state index is 9.23. The van der Waals surface area contributed by atoms with Gasteiger partial charge in [-0.15, -0.1) is 11.6 Å². The third-order valence-electron chi connectivity index (χ3n) is 1.79. The van der Waals surface area contributed by atoms with E-state index >= 15 is 0 Å². The van der Waals surface area contributed by atoms with E-state index in [1.54, 1.807) is 24.3 Å². The number of halogens is 1. The zero-order valence-corrected chi connectivity index (χ0v) is 8.53. The van der Waals surface area contributed by atoms with Gasteiger partial charge >= 0.3 is 0 Å². The number of rotatable bonds is 3. The van der Waals surface area contributed by atoms with E-state index in [1.807, 2.05) is 0 Å². The summed E-state index contributed by atoms with van der Waals surface area (Å²) in [5, 5.41) is 12.1. The van der Waals surface area contributed by atoms with E-state index in [1.165, 1.54) is 6.26 Å². The highest BCUT2D eigenvalue weighted by molar-refractivity contribution is 6.16. The van der Waals surface area contributed by atoms with Crippen LogP contribution in [0.4, 0.5) is 11.7 Å². The van der Waals surface area contributed by atoms with Crippen LogP contribution in [0.5, 0.6) is 5.75 Å². The molecule has 5 heteroatoms. The third kappa shape index (κ3) is 2.41. The minimum absolute atomic E-state index is 0.184. The van der Waals surface area contributed by atoms with E-state index in [0.29, 0.717) is 23.3 Å². The number of alkyl halides is 1. The number of aromatic nitrogens is 1. The number of oxazole rings is 1. The number of benzene rings is 1. The fourth-order valence-corrected chi connectivity index (χ4v) is 1.26. The second-order valence-corrected chi connectivity index (χ2v) is 3.22. The number of aromatic hydroxyl groups is 1. The fraction of sp³-hybridized carbons (Fsp3) is 0.100. The molecule has 0 radical (unpaired) electrons. The molecule has 0 spiro atoms. The molecule has 1 aromatic heterocycles. The SMILES string of the molecule is Oc1cccc(Nc2nc(CCl)co2)c1. The Kier molecular flexibility index (Phi) is 2.78. The molecule has 15 heavy (non-hydrogen) atoms. The van der Waals surface area contributed by atoms with Gasteiger partial charge in [0, 0.05) is 11.8 Å². The standard InChI is InChI=1S/C10H9ClN2O2/c11-5-8-6-15-10(13-8)12-7-2-1-3-9(14)4-7/h1-4,6,14H,5H2,(H,12,13). The molecule has 78 valence electrons. The van der Waals surface area contributed by atoms with Crippen LogP contribution in [-0.4, -0.2) is 10.1 Å². The number of nitrogens with one attached hydrogen (secondary N) is 1. The summed E-state index contributed by atoms with van der Waals surface area (Å²) < 4.78 is 5.11. The summed E-state index contributed by atoms with van der Waals surface area (Å²) in [6.07, 6.45) is 1.48. The number of phenolic OH excluding ortho intramolecular Hbond substituents is 1. The van der Waals surface area contributed by atoms with Crippen LogP contribution in [0.15, 0.2) is 34.9 Å². The second kappa shape index (κ2) is 4.23. The molecule has 2 N–H and O–H groups in total. The van der Waals surface area contributed by atoms with Crippen molar-refractivity contribution in [2.24, 2.45) is 0 Å². The highest BCUT2D eigenvalue weighted by Gasteiger charge is 2.03. The summed E-state index contributed by atoms with van der Waals surface area (Å²) >= 11 is 5.58. The molecule has 1 heterocycles. The van der Waals surface area contributed by atoms with Crippen molar-refractivity contribution in [1.29, 1.82) is 0 Å². The van der Waals surface area contributed by atoms with Crippen LogP contribution in [0.25, 0.3) is 0 Å². The molecule has 0 aliphatic rings. The molecule has 0 amide bonds. The van der Waals surface area contributed by atoms with Gasteiger partial charge in [0.2, 0.25) is 0 Å². The van der Waals surface area contributed by atoms with Crippen molar-refractivity contribution in [2.45, 2.75) is 5.88 Å². The molecular formula is C10H9ClN2O2. The Morgan fingerprint density at radius 3 is 3.00 bits per heavy atom. The van der Waals surface area contributed by atoms with Crippen LogP contribution in [0.1, 0.15) is 5.69 Å². The maximum Gasteiger partial charge on any atom is 0.299 e. The molecule has 2 aromatic rings. The highest BCUT2D eigenvalue weighted by Crippen LogP contribution is 2.20. The largest absolute Gasteiger partial charge is 0.508 e. The van der Waals surface area contributed by atoms with Gasteiger partial charge in [-0.3, -0.25) is 0 Å². The van der Waals surface area contributed by atoms with Crippen LogP contribution in [0, 0.1) is 0 Å². The van der Waals surface area contributed by atoms with Crippen molar-refractivity contribution >= 4 is 23.3 Å². The molecule has 0 saturated heterocycles. The van der Waals surface area contributed by atoms with Crippen LogP contribution < -0.4 is 5.32 Å².